The van der Waals surface area contributed by atoms with E-state index in [4.69, 9.17) is 4.74 Å². The van der Waals surface area contributed by atoms with E-state index in [1.165, 1.54) is 6.07 Å². The van der Waals surface area contributed by atoms with Gasteiger partial charge in [0, 0.05) is 11.9 Å². The Bertz CT molecular complexity index is 991. The van der Waals surface area contributed by atoms with Crippen molar-refractivity contribution in [2.45, 2.75) is 13.8 Å². The summed E-state index contributed by atoms with van der Waals surface area (Å²) in [6.07, 6.45) is 0. The Kier molecular flexibility index (Phi) is 5.41. The highest BCUT2D eigenvalue weighted by atomic mass is 16.5. The van der Waals surface area contributed by atoms with Gasteiger partial charge in [0.15, 0.2) is 6.61 Å². The molecule has 5 heteroatoms. The topological polar surface area (TPSA) is 66.8 Å². The number of fused-ring (bicyclic) bond motifs is 1. The van der Waals surface area contributed by atoms with E-state index in [0.29, 0.717) is 12.1 Å². The van der Waals surface area contributed by atoms with E-state index >= 15 is 0 Å². The summed E-state index contributed by atoms with van der Waals surface area (Å²) in [5.74, 6) is -0.937. The van der Waals surface area contributed by atoms with Gasteiger partial charge in [-0.3, -0.25) is 4.79 Å². The van der Waals surface area contributed by atoms with E-state index in [2.05, 4.69) is 0 Å². The standard InChI is InChI=1S/C22H21NO4/c1-3-23(19-10-6-8-16-7-4-5-9-18(16)19)21(25)14-27-22(26)17-12-11-15(2)20(24)13-17/h4-13,24H,3,14H2,1-2H3. The van der Waals surface area contributed by atoms with Crippen molar-refractivity contribution in [3.05, 3.63) is 71.8 Å². The molecular formula is C22H21NO4. The maximum atomic E-state index is 12.7. The summed E-state index contributed by atoms with van der Waals surface area (Å²) < 4.78 is 5.16. The molecule has 0 heterocycles. The van der Waals surface area contributed by atoms with E-state index in [1.807, 2.05) is 49.4 Å². The number of amides is 1. The molecule has 0 spiro atoms. The number of carbonyl (C=O) groups excluding carboxylic acids is 2. The summed E-state index contributed by atoms with van der Waals surface area (Å²) in [4.78, 5) is 26.4. The summed E-state index contributed by atoms with van der Waals surface area (Å²) >= 11 is 0. The smallest absolute Gasteiger partial charge is 0.338 e. The second-order valence-corrected chi connectivity index (χ2v) is 6.21. The Hall–Kier alpha value is -3.34. The minimum Gasteiger partial charge on any atom is -0.508 e. The lowest BCUT2D eigenvalue weighted by Gasteiger charge is -2.22. The van der Waals surface area contributed by atoms with Crippen LogP contribution in [-0.4, -0.2) is 30.1 Å². The molecule has 1 amide bonds. The van der Waals surface area contributed by atoms with E-state index in [0.717, 1.165) is 16.5 Å². The molecule has 3 rings (SSSR count). The number of carbonyl (C=O) groups is 2. The van der Waals surface area contributed by atoms with Gasteiger partial charge in [-0.25, -0.2) is 4.79 Å². The van der Waals surface area contributed by atoms with E-state index < -0.39 is 5.97 Å². The summed E-state index contributed by atoms with van der Waals surface area (Å²) in [5, 5.41) is 11.7. The zero-order chi connectivity index (χ0) is 19.4. The maximum absolute atomic E-state index is 12.7. The number of benzene rings is 3. The van der Waals surface area contributed by atoms with Crippen molar-refractivity contribution in [3.63, 3.8) is 0 Å². The van der Waals surface area contributed by atoms with Crippen molar-refractivity contribution in [1.29, 1.82) is 0 Å². The Morgan fingerprint density at radius 2 is 1.78 bits per heavy atom. The number of aromatic hydroxyl groups is 1. The third kappa shape index (κ3) is 3.92. The molecule has 0 aliphatic rings. The van der Waals surface area contributed by atoms with Gasteiger partial charge < -0.3 is 14.7 Å². The predicted molar refractivity (Wildman–Crippen MR) is 105 cm³/mol. The summed E-state index contributed by atoms with van der Waals surface area (Å²) in [7, 11) is 0. The van der Waals surface area contributed by atoms with Crippen molar-refractivity contribution in [1.82, 2.24) is 0 Å². The minimum atomic E-state index is -0.646. The van der Waals surface area contributed by atoms with Gasteiger partial charge in [0.1, 0.15) is 5.75 Å². The van der Waals surface area contributed by atoms with Gasteiger partial charge in [-0.2, -0.15) is 0 Å². The minimum absolute atomic E-state index is 0.0155. The number of phenols is 1. The van der Waals surface area contributed by atoms with Crippen molar-refractivity contribution < 1.29 is 19.4 Å². The summed E-state index contributed by atoms with van der Waals surface area (Å²) in [5.41, 5.74) is 1.65. The zero-order valence-corrected chi connectivity index (χ0v) is 15.3. The van der Waals surface area contributed by atoms with Gasteiger partial charge in [-0.1, -0.05) is 42.5 Å². The first-order valence-corrected chi connectivity index (χ1v) is 8.76. The molecule has 27 heavy (non-hydrogen) atoms. The van der Waals surface area contributed by atoms with Gasteiger partial charge in [0.25, 0.3) is 5.91 Å². The Labute approximate surface area is 157 Å². The fourth-order valence-corrected chi connectivity index (χ4v) is 2.95. The van der Waals surface area contributed by atoms with Crippen LogP contribution in [0.3, 0.4) is 0 Å². The number of likely N-dealkylation sites (N-methyl/N-ethyl adjacent to an activating group) is 1. The highest BCUT2D eigenvalue weighted by Crippen LogP contribution is 2.27. The molecule has 1 N–H and O–H groups in total. The Morgan fingerprint density at radius 3 is 2.52 bits per heavy atom. The van der Waals surface area contributed by atoms with Crippen molar-refractivity contribution in [3.8, 4) is 5.75 Å². The number of hydrogen-bond acceptors (Lipinski definition) is 4. The van der Waals surface area contributed by atoms with Crippen LogP contribution in [0.25, 0.3) is 10.8 Å². The SMILES string of the molecule is CCN(C(=O)COC(=O)c1ccc(C)c(O)c1)c1cccc2ccccc12. The highest BCUT2D eigenvalue weighted by Gasteiger charge is 2.19. The molecule has 5 nitrogen and oxygen atoms in total. The lowest BCUT2D eigenvalue weighted by atomic mass is 10.1. The van der Waals surface area contributed by atoms with Gasteiger partial charge in [-0.05, 0) is 43.0 Å². The third-order valence-corrected chi connectivity index (χ3v) is 4.45. The molecule has 0 radical (unpaired) electrons. The number of nitrogens with zero attached hydrogens (tertiary/aromatic N) is 1. The van der Waals surface area contributed by atoms with Crippen LogP contribution in [0, 0.1) is 6.92 Å². The van der Waals surface area contributed by atoms with Crippen LogP contribution < -0.4 is 4.90 Å². The van der Waals surface area contributed by atoms with E-state index in [-0.39, 0.29) is 23.8 Å². The third-order valence-electron chi connectivity index (χ3n) is 4.45. The van der Waals surface area contributed by atoms with Crippen LogP contribution in [0.15, 0.2) is 60.7 Å². The first kappa shape index (κ1) is 18.5. The van der Waals surface area contributed by atoms with Gasteiger partial charge in [-0.15, -0.1) is 0 Å². The monoisotopic (exact) mass is 363 g/mol. The average Bonchev–Trinajstić information content (AvgIpc) is 2.69. The molecule has 0 bridgehead atoms. The van der Waals surface area contributed by atoms with Gasteiger partial charge in [0.2, 0.25) is 0 Å². The molecule has 0 fully saturated rings. The largest absolute Gasteiger partial charge is 0.508 e. The number of esters is 1. The molecule has 138 valence electrons. The van der Waals surface area contributed by atoms with E-state index in [1.54, 1.807) is 24.0 Å². The van der Waals surface area contributed by atoms with Crippen LogP contribution in [0.4, 0.5) is 5.69 Å². The lowest BCUT2D eigenvalue weighted by Crippen LogP contribution is -2.34. The summed E-state index contributed by atoms with van der Waals surface area (Å²) in [6.45, 7) is 3.69. The van der Waals surface area contributed by atoms with Crippen molar-refractivity contribution >= 4 is 28.3 Å². The summed E-state index contributed by atoms with van der Waals surface area (Å²) in [6, 6.07) is 18.1. The molecule has 0 unspecified atom stereocenters. The molecule has 0 saturated heterocycles. The van der Waals surface area contributed by atoms with Crippen LogP contribution in [0.5, 0.6) is 5.75 Å². The van der Waals surface area contributed by atoms with E-state index in [9.17, 15) is 14.7 Å². The fraction of sp³-hybridized carbons (Fsp3) is 0.182. The molecular weight excluding hydrogens is 342 g/mol. The van der Waals surface area contributed by atoms with Crippen LogP contribution in [0.2, 0.25) is 0 Å². The van der Waals surface area contributed by atoms with Crippen LogP contribution >= 0.6 is 0 Å². The lowest BCUT2D eigenvalue weighted by molar-refractivity contribution is -0.121. The van der Waals surface area contributed by atoms with Crippen LogP contribution in [-0.2, 0) is 9.53 Å². The second kappa shape index (κ2) is 7.91. The average molecular weight is 363 g/mol. The molecule has 3 aromatic carbocycles. The zero-order valence-electron chi connectivity index (χ0n) is 15.3. The number of aryl methyl sites for hydroxylation is 1. The number of phenolic OH excluding ortho intramolecular Hbond substituents is 1. The molecule has 3 aromatic rings. The number of hydrogen-bond donors (Lipinski definition) is 1. The highest BCUT2D eigenvalue weighted by molar-refractivity contribution is 6.04. The maximum Gasteiger partial charge on any atom is 0.338 e. The molecule has 0 saturated carbocycles. The predicted octanol–water partition coefficient (Wildman–Crippen LogP) is 4.06. The van der Waals surface area contributed by atoms with Crippen molar-refractivity contribution in [2.75, 3.05) is 18.1 Å². The Morgan fingerprint density at radius 1 is 1.04 bits per heavy atom. The molecule has 0 aromatic heterocycles. The fourth-order valence-electron chi connectivity index (χ4n) is 2.95. The van der Waals surface area contributed by atoms with Gasteiger partial charge >= 0.3 is 5.97 Å². The number of rotatable bonds is 5. The second-order valence-electron chi connectivity index (χ2n) is 6.21. The quantitative estimate of drug-likeness (QED) is 0.694. The first-order chi connectivity index (χ1) is 13.0. The molecule has 0 atom stereocenters. The Balaban J connectivity index is 1.75. The number of ether oxygens (including phenoxy) is 1. The first-order valence-electron chi connectivity index (χ1n) is 8.76. The molecule has 0 aliphatic heterocycles. The molecule has 0 aliphatic carbocycles. The number of anilines is 1. The normalized spacial score (nSPS) is 10.6. The van der Waals surface area contributed by atoms with Crippen molar-refractivity contribution in [2.24, 2.45) is 0 Å². The van der Waals surface area contributed by atoms with Gasteiger partial charge in [0.05, 0.1) is 11.3 Å². The van der Waals surface area contributed by atoms with Crippen LogP contribution in [0.1, 0.15) is 22.8 Å².